The summed E-state index contributed by atoms with van der Waals surface area (Å²) in [6.07, 6.45) is -0.505. The largest absolute Gasteiger partial charge is 0.450 e. The molecule has 0 rings (SSSR count). The molecule has 0 aliphatic heterocycles. The second kappa shape index (κ2) is 6.65. The zero-order valence-corrected chi connectivity index (χ0v) is 9.43. The molecule has 1 amide bonds. The van der Waals surface area contributed by atoms with E-state index in [0.29, 0.717) is 6.61 Å². The highest BCUT2D eigenvalue weighted by Gasteiger charge is 2.20. The fourth-order valence-electron chi connectivity index (χ4n) is 0.884. The molecule has 0 saturated heterocycles. The summed E-state index contributed by atoms with van der Waals surface area (Å²) in [7, 11) is 0. The summed E-state index contributed by atoms with van der Waals surface area (Å²) in [5, 5.41) is 2.56. The lowest BCUT2D eigenvalue weighted by Gasteiger charge is -2.18. The molecule has 0 saturated carbocycles. The molecule has 0 spiro atoms. The van der Waals surface area contributed by atoms with Crippen molar-refractivity contribution in [2.75, 3.05) is 12.5 Å². The van der Waals surface area contributed by atoms with Crippen molar-refractivity contribution in [2.24, 2.45) is 5.92 Å². The van der Waals surface area contributed by atoms with Crippen molar-refractivity contribution in [2.45, 2.75) is 26.8 Å². The molecular formula is C9H16ClNO3. The lowest BCUT2D eigenvalue weighted by atomic mass is 10.00. The molecule has 14 heavy (non-hydrogen) atoms. The van der Waals surface area contributed by atoms with E-state index in [-0.39, 0.29) is 23.6 Å². The maximum atomic E-state index is 11.2. The van der Waals surface area contributed by atoms with E-state index in [1.807, 2.05) is 0 Å². The average molecular weight is 222 g/mol. The van der Waals surface area contributed by atoms with Crippen LogP contribution >= 0.6 is 11.6 Å². The summed E-state index contributed by atoms with van der Waals surface area (Å²) >= 11 is 5.40. The first-order valence-electron chi connectivity index (χ1n) is 4.54. The van der Waals surface area contributed by atoms with Crippen molar-refractivity contribution in [1.82, 2.24) is 5.32 Å². The minimum absolute atomic E-state index is 0.0317. The van der Waals surface area contributed by atoms with Gasteiger partial charge < -0.3 is 10.1 Å². The van der Waals surface area contributed by atoms with Gasteiger partial charge in [-0.15, -0.1) is 11.6 Å². The van der Waals surface area contributed by atoms with Gasteiger partial charge in [0, 0.05) is 12.0 Å². The van der Waals surface area contributed by atoms with E-state index in [1.165, 1.54) is 0 Å². The number of Topliss-reactive ketones (excluding diaryl/α,β-unsaturated/α-hetero) is 1. The number of hydrogen-bond acceptors (Lipinski definition) is 3. The topological polar surface area (TPSA) is 55.4 Å². The molecule has 0 aromatic heterocycles. The number of nitrogens with one attached hydrogen (secondary N) is 1. The molecule has 0 aromatic carbocycles. The Morgan fingerprint density at radius 1 is 1.43 bits per heavy atom. The minimum Gasteiger partial charge on any atom is -0.450 e. The molecule has 0 aromatic rings. The third kappa shape index (κ3) is 4.46. The number of alkyl halides is 1. The van der Waals surface area contributed by atoms with Crippen LogP contribution in [0.1, 0.15) is 20.8 Å². The second-order valence-corrected chi connectivity index (χ2v) is 3.31. The van der Waals surface area contributed by atoms with E-state index >= 15 is 0 Å². The van der Waals surface area contributed by atoms with Crippen molar-refractivity contribution in [3.05, 3.63) is 0 Å². The first-order valence-corrected chi connectivity index (χ1v) is 5.08. The van der Waals surface area contributed by atoms with Crippen molar-refractivity contribution >= 4 is 23.5 Å². The van der Waals surface area contributed by atoms with Crippen LogP contribution in [0.3, 0.4) is 0 Å². The van der Waals surface area contributed by atoms with Gasteiger partial charge in [0.05, 0.1) is 12.5 Å². The SMILES string of the molecule is CCOC(=O)NC(C)C(C)C(=O)CCl. The standard InChI is InChI=1S/C9H16ClNO3/c1-4-14-9(13)11-7(3)6(2)8(12)5-10/h6-7H,4-5H2,1-3H3,(H,11,13). The molecule has 4 nitrogen and oxygen atoms in total. The average Bonchev–Trinajstić information content (AvgIpc) is 2.15. The Morgan fingerprint density at radius 3 is 2.43 bits per heavy atom. The lowest BCUT2D eigenvalue weighted by Crippen LogP contribution is -2.40. The lowest BCUT2D eigenvalue weighted by molar-refractivity contribution is -0.120. The predicted molar refractivity (Wildman–Crippen MR) is 54.5 cm³/mol. The van der Waals surface area contributed by atoms with Crippen LogP contribution in [-0.2, 0) is 9.53 Å². The molecule has 0 radical (unpaired) electrons. The van der Waals surface area contributed by atoms with Gasteiger partial charge in [0.15, 0.2) is 5.78 Å². The van der Waals surface area contributed by atoms with E-state index in [1.54, 1.807) is 20.8 Å². The Bertz CT molecular complexity index is 208. The molecular weight excluding hydrogens is 206 g/mol. The molecule has 2 atom stereocenters. The number of alkyl carbamates (subject to hydrolysis) is 1. The molecule has 5 heteroatoms. The van der Waals surface area contributed by atoms with Crippen LogP contribution in [0, 0.1) is 5.92 Å². The van der Waals surface area contributed by atoms with Crippen LogP contribution < -0.4 is 5.32 Å². The number of carbonyl (C=O) groups excluding carboxylic acids is 2. The normalized spacial score (nSPS) is 14.3. The van der Waals surface area contributed by atoms with Crippen LogP contribution in [0.15, 0.2) is 0 Å². The third-order valence-corrected chi connectivity index (χ3v) is 2.27. The van der Waals surface area contributed by atoms with E-state index in [4.69, 9.17) is 11.6 Å². The fourth-order valence-corrected chi connectivity index (χ4v) is 1.13. The van der Waals surface area contributed by atoms with Crippen molar-refractivity contribution < 1.29 is 14.3 Å². The predicted octanol–water partition coefficient (Wildman–Crippen LogP) is 1.56. The Kier molecular flexibility index (Phi) is 6.28. The second-order valence-electron chi connectivity index (χ2n) is 3.04. The molecule has 0 bridgehead atoms. The Labute approximate surface area is 88.9 Å². The molecule has 2 unspecified atom stereocenters. The number of rotatable bonds is 5. The van der Waals surface area contributed by atoms with E-state index in [9.17, 15) is 9.59 Å². The first-order chi connectivity index (χ1) is 6.52. The number of amides is 1. The van der Waals surface area contributed by atoms with Gasteiger partial charge in [-0.05, 0) is 13.8 Å². The van der Waals surface area contributed by atoms with E-state index in [2.05, 4.69) is 10.1 Å². The highest BCUT2D eigenvalue weighted by molar-refractivity contribution is 6.27. The van der Waals surface area contributed by atoms with Gasteiger partial charge >= 0.3 is 6.09 Å². The smallest absolute Gasteiger partial charge is 0.407 e. The van der Waals surface area contributed by atoms with E-state index < -0.39 is 6.09 Å². The molecule has 0 fully saturated rings. The van der Waals surface area contributed by atoms with Gasteiger partial charge in [-0.3, -0.25) is 4.79 Å². The van der Waals surface area contributed by atoms with Gasteiger partial charge in [-0.2, -0.15) is 0 Å². The van der Waals surface area contributed by atoms with Crippen molar-refractivity contribution in [3.63, 3.8) is 0 Å². The number of hydrogen-bond donors (Lipinski definition) is 1. The maximum absolute atomic E-state index is 11.2. The fraction of sp³-hybridized carbons (Fsp3) is 0.778. The molecule has 82 valence electrons. The summed E-state index contributed by atoms with van der Waals surface area (Å²) in [6.45, 7) is 5.50. The molecule has 0 aliphatic carbocycles. The molecule has 0 heterocycles. The van der Waals surface area contributed by atoms with Crippen LogP contribution in [0.4, 0.5) is 4.79 Å². The first kappa shape index (κ1) is 13.2. The summed E-state index contributed by atoms with van der Waals surface area (Å²) in [5.41, 5.74) is 0. The minimum atomic E-state index is -0.505. The van der Waals surface area contributed by atoms with Gasteiger partial charge in [0.25, 0.3) is 0 Å². The quantitative estimate of drug-likeness (QED) is 0.717. The third-order valence-electron chi connectivity index (χ3n) is 2.01. The van der Waals surface area contributed by atoms with Crippen molar-refractivity contribution in [1.29, 1.82) is 0 Å². The summed E-state index contributed by atoms with van der Waals surface area (Å²) in [4.78, 5) is 22.2. The zero-order chi connectivity index (χ0) is 11.1. The van der Waals surface area contributed by atoms with E-state index in [0.717, 1.165) is 0 Å². The highest BCUT2D eigenvalue weighted by atomic mass is 35.5. The maximum Gasteiger partial charge on any atom is 0.407 e. The van der Waals surface area contributed by atoms with Gasteiger partial charge in [0.1, 0.15) is 0 Å². The molecule has 0 aliphatic rings. The zero-order valence-electron chi connectivity index (χ0n) is 8.67. The van der Waals surface area contributed by atoms with Crippen LogP contribution in [0.5, 0.6) is 0 Å². The van der Waals surface area contributed by atoms with Crippen LogP contribution in [0.25, 0.3) is 0 Å². The summed E-state index contributed by atoms with van der Waals surface area (Å²) < 4.78 is 4.68. The van der Waals surface area contributed by atoms with Gasteiger partial charge in [-0.25, -0.2) is 4.79 Å². The summed E-state index contributed by atoms with van der Waals surface area (Å²) in [5.74, 6) is -0.413. The Balaban J connectivity index is 4.00. The Hall–Kier alpha value is -0.770. The number of carbonyl (C=O) groups is 2. The molecule has 1 N–H and O–H groups in total. The van der Waals surface area contributed by atoms with Crippen LogP contribution in [0.2, 0.25) is 0 Å². The number of halogens is 1. The highest BCUT2D eigenvalue weighted by Crippen LogP contribution is 2.05. The monoisotopic (exact) mass is 221 g/mol. The number of ether oxygens (including phenoxy) is 1. The van der Waals surface area contributed by atoms with Crippen molar-refractivity contribution in [3.8, 4) is 0 Å². The Morgan fingerprint density at radius 2 is 2.00 bits per heavy atom. The van der Waals surface area contributed by atoms with Gasteiger partial charge in [-0.1, -0.05) is 6.92 Å². The summed E-state index contributed by atoms with van der Waals surface area (Å²) in [6, 6.07) is -0.264. The van der Waals surface area contributed by atoms with Gasteiger partial charge in [0.2, 0.25) is 0 Å². The number of ketones is 1. The van der Waals surface area contributed by atoms with Crippen LogP contribution in [-0.4, -0.2) is 30.4 Å².